The van der Waals surface area contributed by atoms with Crippen LogP contribution in [0.1, 0.15) is 33.6 Å². The van der Waals surface area contributed by atoms with E-state index in [1.165, 1.54) is 11.1 Å². The Balaban J connectivity index is -0.000000276. The Morgan fingerprint density at radius 2 is 1.10 bits per heavy atom. The van der Waals surface area contributed by atoms with Crippen LogP contribution in [0.4, 0.5) is 0 Å². The molecule has 0 radical (unpaired) electrons. The standard InChI is InChI=1S/C11H11.3C2H5O.Ti/c1-2-6-10(5-1)9-11-7-3-4-8-11;3*1-2-3;/h1-5,7,9H,6,8H2;3*2H2,1H3;/q4*-1;+4. The van der Waals surface area contributed by atoms with Gasteiger partial charge in [-0.25, -0.2) is 0 Å². The first-order valence-corrected chi connectivity index (χ1v) is 7.00. The molecule has 0 saturated carbocycles. The van der Waals surface area contributed by atoms with Crippen LogP contribution in [-0.4, -0.2) is 19.8 Å². The van der Waals surface area contributed by atoms with Gasteiger partial charge in [0.25, 0.3) is 0 Å². The van der Waals surface area contributed by atoms with Gasteiger partial charge in [0.2, 0.25) is 0 Å². The molecule has 0 N–H and O–H groups in total. The van der Waals surface area contributed by atoms with Gasteiger partial charge >= 0.3 is 21.7 Å². The molecule has 0 bridgehead atoms. The van der Waals surface area contributed by atoms with Crippen molar-refractivity contribution in [1.82, 2.24) is 0 Å². The van der Waals surface area contributed by atoms with E-state index in [4.69, 9.17) is 15.3 Å². The van der Waals surface area contributed by atoms with Crippen molar-refractivity contribution in [3.63, 3.8) is 0 Å². The molecule has 0 unspecified atom stereocenters. The quantitative estimate of drug-likeness (QED) is 0.563. The van der Waals surface area contributed by atoms with Gasteiger partial charge in [0.1, 0.15) is 0 Å². The van der Waals surface area contributed by atoms with Gasteiger partial charge in [-0.05, 0) is 12.8 Å². The van der Waals surface area contributed by atoms with Crippen LogP contribution in [-0.2, 0) is 21.7 Å². The van der Waals surface area contributed by atoms with Crippen molar-refractivity contribution in [2.45, 2.75) is 33.6 Å². The summed E-state index contributed by atoms with van der Waals surface area (Å²) in [5.74, 6) is 0. The van der Waals surface area contributed by atoms with E-state index < -0.39 is 0 Å². The van der Waals surface area contributed by atoms with Crippen molar-refractivity contribution >= 4 is 0 Å². The Labute approximate surface area is 144 Å². The summed E-state index contributed by atoms with van der Waals surface area (Å²) in [6.07, 6.45) is 17.5. The van der Waals surface area contributed by atoms with Crippen LogP contribution in [0.5, 0.6) is 0 Å². The average Bonchev–Trinajstić information content (AvgIpc) is 3.06. The topological polar surface area (TPSA) is 69.2 Å². The molecule has 3 nitrogen and oxygen atoms in total. The molecule has 2 aliphatic rings. The predicted molar refractivity (Wildman–Crippen MR) is 79.6 cm³/mol. The van der Waals surface area contributed by atoms with Crippen LogP contribution in [0.25, 0.3) is 0 Å². The van der Waals surface area contributed by atoms with Gasteiger partial charge in [0, 0.05) is 0 Å². The zero-order chi connectivity index (χ0) is 15.6. The number of allylic oxidation sites excluding steroid dienone is 8. The molecule has 0 spiro atoms. The van der Waals surface area contributed by atoms with Gasteiger partial charge in [-0.1, -0.05) is 32.9 Å². The predicted octanol–water partition coefficient (Wildman–Crippen LogP) is 1.06. The molecule has 0 aromatic heterocycles. The fourth-order valence-corrected chi connectivity index (χ4v) is 1.38. The first-order valence-electron chi connectivity index (χ1n) is 7.00. The minimum atomic E-state index is 0. The summed E-state index contributed by atoms with van der Waals surface area (Å²) in [4.78, 5) is 0. The van der Waals surface area contributed by atoms with Crippen molar-refractivity contribution in [2.24, 2.45) is 0 Å². The smallest absolute Gasteiger partial charge is 0.855 e. The third kappa shape index (κ3) is 19.4. The minimum Gasteiger partial charge on any atom is -0.855 e. The SMILES string of the molecule is C1=CCC([CH-]C2=CC=CC2)=C1.CC[O-].CC[O-].CC[O-].[Ti+4]. The summed E-state index contributed by atoms with van der Waals surface area (Å²) in [5, 5.41) is 26.8. The van der Waals surface area contributed by atoms with Crippen LogP contribution in [0.15, 0.2) is 47.6 Å². The molecule has 0 heterocycles. The second-order valence-electron chi connectivity index (χ2n) is 3.76. The van der Waals surface area contributed by atoms with E-state index in [0.717, 1.165) is 12.8 Å². The van der Waals surface area contributed by atoms with E-state index in [1.54, 1.807) is 20.8 Å². The Morgan fingerprint density at radius 3 is 1.29 bits per heavy atom. The van der Waals surface area contributed by atoms with Crippen molar-refractivity contribution in [1.29, 1.82) is 0 Å². The molecule has 116 valence electrons. The number of hydrogen-bond acceptors (Lipinski definition) is 3. The normalized spacial score (nSPS) is 13.2. The van der Waals surface area contributed by atoms with Crippen LogP contribution in [0.3, 0.4) is 0 Å². The van der Waals surface area contributed by atoms with E-state index in [0.29, 0.717) is 0 Å². The van der Waals surface area contributed by atoms with Crippen LogP contribution in [0, 0.1) is 6.42 Å². The second-order valence-corrected chi connectivity index (χ2v) is 3.76. The van der Waals surface area contributed by atoms with Gasteiger partial charge in [-0.3, -0.25) is 0 Å². The largest absolute Gasteiger partial charge is 4.00 e. The van der Waals surface area contributed by atoms with Crippen molar-refractivity contribution in [3.8, 4) is 0 Å². The zero-order valence-electron chi connectivity index (χ0n) is 13.3. The molecule has 0 saturated heterocycles. The molecule has 4 heteroatoms. The summed E-state index contributed by atoms with van der Waals surface area (Å²) in [7, 11) is 0. The Bertz CT molecular complexity index is 285. The third-order valence-corrected chi connectivity index (χ3v) is 1.97. The summed E-state index contributed by atoms with van der Waals surface area (Å²) in [6, 6.07) is 0. The molecule has 0 fully saturated rings. The number of rotatable bonds is 2. The van der Waals surface area contributed by atoms with E-state index >= 15 is 0 Å². The molecule has 2 rings (SSSR count). The summed E-state index contributed by atoms with van der Waals surface area (Å²) < 4.78 is 0. The second kappa shape index (κ2) is 21.7. The minimum absolute atomic E-state index is 0. The molecule has 2 aliphatic carbocycles. The van der Waals surface area contributed by atoms with Crippen LogP contribution in [0.2, 0.25) is 0 Å². The van der Waals surface area contributed by atoms with E-state index in [1.807, 2.05) is 0 Å². The van der Waals surface area contributed by atoms with Crippen LogP contribution >= 0.6 is 0 Å². The molecule has 21 heavy (non-hydrogen) atoms. The fourth-order valence-electron chi connectivity index (χ4n) is 1.38. The van der Waals surface area contributed by atoms with Gasteiger partial charge in [0.15, 0.2) is 0 Å². The summed E-state index contributed by atoms with van der Waals surface area (Å²) in [6.45, 7) is 4.71. The molecule has 0 atom stereocenters. The van der Waals surface area contributed by atoms with Gasteiger partial charge in [0.05, 0.1) is 0 Å². The molecule has 0 amide bonds. The van der Waals surface area contributed by atoms with E-state index in [-0.39, 0.29) is 41.5 Å². The Morgan fingerprint density at radius 1 is 0.810 bits per heavy atom. The Hall–Kier alpha value is -0.576. The van der Waals surface area contributed by atoms with E-state index in [9.17, 15) is 0 Å². The maximum absolute atomic E-state index is 8.93. The first-order chi connectivity index (χ1) is 9.69. The van der Waals surface area contributed by atoms with Gasteiger partial charge < -0.3 is 15.3 Å². The zero-order valence-corrected chi connectivity index (χ0v) is 14.9. The van der Waals surface area contributed by atoms with Crippen molar-refractivity contribution in [2.75, 3.05) is 19.8 Å². The van der Waals surface area contributed by atoms with Crippen molar-refractivity contribution < 1.29 is 37.0 Å². The van der Waals surface area contributed by atoms with E-state index in [2.05, 4.69) is 42.9 Å². The first kappa shape index (κ1) is 25.4. The van der Waals surface area contributed by atoms with Crippen LogP contribution < -0.4 is 15.3 Å². The number of hydrogen-bond donors (Lipinski definition) is 0. The van der Waals surface area contributed by atoms with Gasteiger partial charge in [-0.2, -0.15) is 29.7 Å². The fraction of sp³-hybridized carbons (Fsp3) is 0.471. The summed E-state index contributed by atoms with van der Waals surface area (Å²) in [5.41, 5.74) is 2.86. The molecule has 0 aromatic rings. The average molecular weight is 326 g/mol. The molecule has 0 aromatic carbocycles. The summed E-state index contributed by atoms with van der Waals surface area (Å²) >= 11 is 0. The molecule has 0 aliphatic heterocycles. The molecular weight excluding hydrogens is 300 g/mol. The third-order valence-electron chi connectivity index (χ3n) is 1.97. The maximum atomic E-state index is 8.93. The monoisotopic (exact) mass is 326 g/mol. The van der Waals surface area contributed by atoms with Gasteiger partial charge in [-0.15, -0.1) is 32.0 Å². The Kier molecular flexibility index (Phi) is 26.2. The maximum Gasteiger partial charge on any atom is 4.00 e. The van der Waals surface area contributed by atoms with Crippen molar-refractivity contribution in [3.05, 3.63) is 54.0 Å². The molecular formula is C17H26O3Ti.